The largest absolute Gasteiger partial charge is 0.481 e. The van der Waals surface area contributed by atoms with Gasteiger partial charge in [0.2, 0.25) is 0 Å². The van der Waals surface area contributed by atoms with Crippen LogP contribution in [0.4, 0.5) is 0 Å². The first kappa shape index (κ1) is 13.9. The summed E-state index contributed by atoms with van der Waals surface area (Å²) in [4.78, 5) is 21.8. The van der Waals surface area contributed by atoms with E-state index in [0.29, 0.717) is 19.4 Å². The molecule has 4 heteroatoms. The van der Waals surface area contributed by atoms with Crippen molar-refractivity contribution >= 4 is 11.9 Å². The third kappa shape index (κ3) is 6.94. The normalized spacial score (nSPS) is 12.1. The maximum Gasteiger partial charge on any atom is 0.306 e. The standard InChI is InChI=1S/C11H20O4/c1-3-5-8-15-10(12)7-6-9(4-2)11(13)14/h9H,3-8H2,1-2H3,(H,13,14). The van der Waals surface area contributed by atoms with Gasteiger partial charge in [-0.3, -0.25) is 9.59 Å². The fraction of sp³-hybridized carbons (Fsp3) is 0.818. The molecule has 0 heterocycles. The number of hydrogen-bond donors (Lipinski definition) is 1. The number of rotatable bonds is 8. The SMILES string of the molecule is CCCCOC(=O)CCC(CC)C(=O)O. The molecule has 88 valence electrons. The zero-order valence-electron chi connectivity index (χ0n) is 9.49. The maximum atomic E-state index is 11.1. The van der Waals surface area contributed by atoms with Crippen molar-refractivity contribution in [2.45, 2.75) is 46.0 Å². The van der Waals surface area contributed by atoms with E-state index in [1.54, 1.807) is 6.92 Å². The van der Waals surface area contributed by atoms with Crippen molar-refractivity contribution in [3.05, 3.63) is 0 Å². The lowest BCUT2D eigenvalue weighted by atomic mass is 10.0. The fourth-order valence-corrected chi connectivity index (χ4v) is 1.20. The summed E-state index contributed by atoms with van der Waals surface area (Å²) >= 11 is 0. The number of hydrogen-bond acceptors (Lipinski definition) is 3. The van der Waals surface area contributed by atoms with Crippen molar-refractivity contribution in [3.8, 4) is 0 Å². The molecule has 0 aliphatic heterocycles. The van der Waals surface area contributed by atoms with Gasteiger partial charge in [-0.05, 0) is 19.3 Å². The second-order valence-corrected chi connectivity index (χ2v) is 3.56. The Labute approximate surface area is 90.6 Å². The van der Waals surface area contributed by atoms with E-state index in [2.05, 4.69) is 0 Å². The van der Waals surface area contributed by atoms with E-state index in [1.807, 2.05) is 6.92 Å². The van der Waals surface area contributed by atoms with E-state index >= 15 is 0 Å². The second kappa shape index (κ2) is 8.26. The molecule has 0 aliphatic rings. The molecule has 0 aromatic rings. The number of aliphatic carboxylic acids is 1. The van der Waals surface area contributed by atoms with E-state index < -0.39 is 11.9 Å². The van der Waals surface area contributed by atoms with E-state index in [0.717, 1.165) is 12.8 Å². The maximum absolute atomic E-state index is 11.1. The van der Waals surface area contributed by atoms with E-state index in [1.165, 1.54) is 0 Å². The number of carbonyl (C=O) groups excluding carboxylic acids is 1. The minimum atomic E-state index is -0.834. The monoisotopic (exact) mass is 216 g/mol. The second-order valence-electron chi connectivity index (χ2n) is 3.56. The summed E-state index contributed by atoms with van der Waals surface area (Å²) in [6.45, 7) is 4.27. The summed E-state index contributed by atoms with van der Waals surface area (Å²) < 4.78 is 4.93. The van der Waals surface area contributed by atoms with Gasteiger partial charge in [0.1, 0.15) is 0 Å². The van der Waals surface area contributed by atoms with Crippen LogP contribution in [0.1, 0.15) is 46.0 Å². The predicted molar refractivity (Wildman–Crippen MR) is 56.5 cm³/mol. The summed E-state index contributed by atoms with van der Waals surface area (Å²) in [5.41, 5.74) is 0. The molecular formula is C11H20O4. The van der Waals surface area contributed by atoms with Crippen LogP contribution in [0.15, 0.2) is 0 Å². The van der Waals surface area contributed by atoms with Gasteiger partial charge >= 0.3 is 11.9 Å². The van der Waals surface area contributed by atoms with Crippen molar-refractivity contribution in [1.29, 1.82) is 0 Å². The first-order valence-corrected chi connectivity index (χ1v) is 5.50. The molecule has 0 spiro atoms. The van der Waals surface area contributed by atoms with Gasteiger partial charge in [0.05, 0.1) is 12.5 Å². The molecule has 0 fully saturated rings. The van der Waals surface area contributed by atoms with Gasteiger partial charge in [0.25, 0.3) is 0 Å². The molecule has 0 amide bonds. The molecule has 0 bridgehead atoms. The molecule has 1 atom stereocenters. The molecule has 15 heavy (non-hydrogen) atoms. The zero-order valence-corrected chi connectivity index (χ0v) is 9.49. The van der Waals surface area contributed by atoms with Crippen molar-refractivity contribution < 1.29 is 19.4 Å². The van der Waals surface area contributed by atoms with Gasteiger partial charge < -0.3 is 9.84 Å². The third-order valence-electron chi connectivity index (χ3n) is 2.30. The number of carboxylic acid groups (broad SMARTS) is 1. The van der Waals surface area contributed by atoms with Crippen LogP contribution in [0.25, 0.3) is 0 Å². The van der Waals surface area contributed by atoms with Gasteiger partial charge in [-0.2, -0.15) is 0 Å². The quantitative estimate of drug-likeness (QED) is 0.499. The van der Waals surface area contributed by atoms with Crippen LogP contribution in [0.3, 0.4) is 0 Å². The first-order valence-electron chi connectivity index (χ1n) is 5.50. The Kier molecular flexibility index (Phi) is 7.68. The molecule has 1 unspecified atom stereocenters. The number of carbonyl (C=O) groups is 2. The molecule has 1 N–H and O–H groups in total. The lowest BCUT2D eigenvalue weighted by Crippen LogP contribution is -2.15. The molecule has 0 saturated heterocycles. The van der Waals surface area contributed by atoms with Gasteiger partial charge in [0.15, 0.2) is 0 Å². The minimum absolute atomic E-state index is 0.203. The van der Waals surface area contributed by atoms with Crippen molar-refractivity contribution in [1.82, 2.24) is 0 Å². The van der Waals surface area contributed by atoms with Crippen LogP contribution in [0, 0.1) is 5.92 Å². The van der Waals surface area contributed by atoms with Crippen LogP contribution < -0.4 is 0 Å². The van der Waals surface area contributed by atoms with Crippen molar-refractivity contribution in [3.63, 3.8) is 0 Å². The smallest absolute Gasteiger partial charge is 0.306 e. The van der Waals surface area contributed by atoms with Crippen LogP contribution >= 0.6 is 0 Å². The number of unbranched alkanes of at least 4 members (excludes halogenated alkanes) is 1. The van der Waals surface area contributed by atoms with E-state index in [9.17, 15) is 9.59 Å². The lowest BCUT2D eigenvalue weighted by molar-refractivity contribution is -0.145. The zero-order chi connectivity index (χ0) is 11.7. The predicted octanol–water partition coefficient (Wildman–Crippen LogP) is 2.22. The Hall–Kier alpha value is -1.06. The van der Waals surface area contributed by atoms with Gasteiger partial charge in [-0.25, -0.2) is 0 Å². The highest BCUT2D eigenvalue weighted by molar-refractivity contribution is 5.73. The van der Waals surface area contributed by atoms with Gasteiger partial charge in [-0.1, -0.05) is 20.3 Å². The lowest BCUT2D eigenvalue weighted by Gasteiger charge is -2.08. The van der Waals surface area contributed by atoms with Gasteiger partial charge in [-0.15, -0.1) is 0 Å². The Balaban J connectivity index is 3.64. The van der Waals surface area contributed by atoms with Crippen LogP contribution in [-0.2, 0) is 14.3 Å². The molecule has 0 saturated carbocycles. The number of carboxylic acids is 1. The summed E-state index contributed by atoms with van der Waals surface area (Å²) in [6.07, 6.45) is 2.98. The Morgan fingerprint density at radius 1 is 1.33 bits per heavy atom. The average molecular weight is 216 g/mol. The fourth-order valence-electron chi connectivity index (χ4n) is 1.20. The Morgan fingerprint density at radius 3 is 2.47 bits per heavy atom. The molecule has 0 rings (SSSR count). The molecule has 0 aromatic heterocycles. The molecule has 0 aromatic carbocycles. The summed E-state index contributed by atoms with van der Waals surface area (Å²) in [5, 5.41) is 8.75. The van der Waals surface area contributed by atoms with Gasteiger partial charge in [0, 0.05) is 6.42 Å². The first-order chi connectivity index (χ1) is 7.11. The Morgan fingerprint density at radius 2 is 2.00 bits per heavy atom. The molecule has 4 nitrogen and oxygen atoms in total. The molecular weight excluding hydrogens is 196 g/mol. The van der Waals surface area contributed by atoms with Crippen LogP contribution in [0.5, 0.6) is 0 Å². The average Bonchev–Trinajstić information content (AvgIpc) is 2.18. The van der Waals surface area contributed by atoms with Crippen molar-refractivity contribution in [2.75, 3.05) is 6.61 Å². The minimum Gasteiger partial charge on any atom is -0.481 e. The van der Waals surface area contributed by atoms with Crippen LogP contribution in [-0.4, -0.2) is 23.7 Å². The highest BCUT2D eigenvalue weighted by Gasteiger charge is 2.16. The summed E-state index contributed by atoms with van der Waals surface area (Å²) in [5.74, 6) is -1.55. The number of ether oxygens (including phenoxy) is 1. The van der Waals surface area contributed by atoms with E-state index in [-0.39, 0.29) is 12.4 Å². The van der Waals surface area contributed by atoms with Crippen molar-refractivity contribution in [2.24, 2.45) is 5.92 Å². The third-order valence-corrected chi connectivity index (χ3v) is 2.30. The Bertz CT molecular complexity index is 201. The highest BCUT2D eigenvalue weighted by atomic mass is 16.5. The molecule has 0 radical (unpaired) electrons. The summed E-state index contributed by atoms with van der Waals surface area (Å²) in [7, 11) is 0. The van der Waals surface area contributed by atoms with Crippen LogP contribution in [0.2, 0.25) is 0 Å². The van der Waals surface area contributed by atoms with E-state index in [4.69, 9.17) is 9.84 Å². The molecule has 0 aliphatic carbocycles. The summed E-state index contributed by atoms with van der Waals surface area (Å²) in [6, 6.07) is 0. The number of esters is 1. The highest BCUT2D eigenvalue weighted by Crippen LogP contribution is 2.11. The topological polar surface area (TPSA) is 63.6 Å².